The summed E-state index contributed by atoms with van der Waals surface area (Å²) in [5, 5.41) is 0. The van der Waals surface area contributed by atoms with Crippen molar-refractivity contribution in [2.45, 2.75) is 52.1 Å². The zero-order chi connectivity index (χ0) is 10.8. The van der Waals surface area contributed by atoms with Crippen molar-refractivity contribution in [1.82, 2.24) is 0 Å². The van der Waals surface area contributed by atoms with E-state index in [1.165, 1.54) is 0 Å². The van der Waals surface area contributed by atoms with E-state index in [4.69, 9.17) is 10.5 Å². The van der Waals surface area contributed by atoms with Gasteiger partial charge >= 0.3 is 5.97 Å². The predicted molar refractivity (Wildman–Crippen MR) is 55.5 cm³/mol. The van der Waals surface area contributed by atoms with Crippen LogP contribution in [-0.4, -0.2) is 11.6 Å². The number of rotatable bonds is 1. The molecule has 0 spiro atoms. The lowest BCUT2D eigenvalue weighted by atomic mass is 9.96. The highest BCUT2D eigenvalue weighted by molar-refractivity contribution is 5.89. The van der Waals surface area contributed by atoms with Crippen LogP contribution in [0.1, 0.15) is 46.5 Å². The van der Waals surface area contributed by atoms with E-state index in [1.54, 1.807) is 0 Å². The molecule has 0 amide bonds. The third-order valence-corrected chi connectivity index (χ3v) is 2.16. The topological polar surface area (TPSA) is 52.3 Å². The largest absolute Gasteiger partial charge is 0.457 e. The second-order valence-corrected chi connectivity index (χ2v) is 4.71. The molecule has 0 aromatic heterocycles. The molecule has 1 aliphatic rings. The highest BCUT2D eigenvalue weighted by Crippen LogP contribution is 2.23. The van der Waals surface area contributed by atoms with Gasteiger partial charge in [0.25, 0.3) is 0 Å². The van der Waals surface area contributed by atoms with E-state index in [9.17, 15) is 4.79 Å². The van der Waals surface area contributed by atoms with E-state index < -0.39 is 5.60 Å². The minimum Gasteiger partial charge on any atom is -0.457 e. The van der Waals surface area contributed by atoms with Crippen LogP contribution in [0.15, 0.2) is 11.3 Å². The summed E-state index contributed by atoms with van der Waals surface area (Å²) < 4.78 is 5.27. The minimum absolute atomic E-state index is 0.241. The van der Waals surface area contributed by atoms with Crippen molar-refractivity contribution in [2.24, 2.45) is 5.73 Å². The third-order valence-electron chi connectivity index (χ3n) is 2.16. The molecule has 2 N–H and O–H groups in total. The van der Waals surface area contributed by atoms with Crippen molar-refractivity contribution in [3.05, 3.63) is 11.3 Å². The van der Waals surface area contributed by atoms with E-state index in [-0.39, 0.29) is 5.97 Å². The first-order valence-electron chi connectivity index (χ1n) is 5.11. The first-order valence-corrected chi connectivity index (χ1v) is 5.11. The van der Waals surface area contributed by atoms with Crippen molar-refractivity contribution in [2.75, 3.05) is 0 Å². The van der Waals surface area contributed by atoms with Gasteiger partial charge in [0.05, 0.1) is 5.57 Å². The lowest BCUT2D eigenvalue weighted by molar-refractivity contribution is -0.150. The lowest BCUT2D eigenvalue weighted by Crippen LogP contribution is -2.27. The quantitative estimate of drug-likeness (QED) is 0.655. The summed E-state index contributed by atoms with van der Waals surface area (Å²) in [4.78, 5) is 11.7. The Morgan fingerprint density at radius 3 is 2.36 bits per heavy atom. The Hall–Kier alpha value is -0.990. The second kappa shape index (κ2) is 4.03. The summed E-state index contributed by atoms with van der Waals surface area (Å²) >= 11 is 0. The molecule has 0 fully saturated rings. The van der Waals surface area contributed by atoms with Crippen molar-refractivity contribution >= 4 is 5.97 Å². The summed E-state index contributed by atoms with van der Waals surface area (Å²) in [5.74, 6) is -0.241. The Kier molecular flexibility index (Phi) is 3.19. The number of ether oxygens (including phenoxy) is 1. The molecule has 0 aromatic carbocycles. The SMILES string of the molecule is CC(C)(C)OC(=O)C1=C(N)CCCC1. The molecule has 80 valence electrons. The molecule has 1 rings (SSSR count). The van der Waals surface area contributed by atoms with Gasteiger partial charge in [-0.2, -0.15) is 0 Å². The zero-order valence-electron chi connectivity index (χ0n) is 9.22. The molecule has 0 heterocycles. The molecule has 0 radical (unpaired) electrons. The maximum atomic E-state index is 11.7. The molecule has 0 saturated heterocycles. The third kappa shape index (κ3) is 3.05. The monoisotopic (exact) mass is 197 g/mol. The van der Waals surface area contributed by atoms with Crippen LogP contribution >= 0.6 is 0 Å². The summed E-state index contributed by atoms with van der Waals surface area (Å²) in [7, 11) is 0. The molecule has 0 aromatic rings. The number of nitrogens with two attached hydrogens (primary N) is 1. The Labute approximate surface area is 85.3 Å². The number of hydrogen-bond acceptors (Lipinski definition) is 3. The van der Waals surface area contributed by atoms with Gasteiger partial charge in [0.15, 0.2) is 0 Å². The van der Waals surface area contributed by atoms with Gasteiger partial charge in [-0.25, -0.2) is 4.79 Å². The predicted octanol–water partition coefficient (Wildman–Crippen LogP) is 2.11. The van der Waals surface area contributed by atoms with Crippen molar-refractivity contribution in [1.29, 1.82) is 0 Å². The normalized spacial score (nSPS) is 18.2. The van der Waals surface area contributed by atoms with E-state index in [2.05, 4.69) is 0 Å². The van der Waals surface area contributed by atoms with E-state index >= 15 is 0 Å². The minimum atomic E-state index is -0.429. The summed E-state index contributed by atoms with van der Waals surface area (Å²) in [6.45, 7) is 5.60. The van der Waals surface area contributed by atoms with Crippen LogP contribution < -0.4 is 5.73 Å². The first kappa shape index (κ1) is 11.1. The number of hydrogen-bond donors (Lipinski definition) is 1. The van der Waals surface area contributed by atoms with Crippen LogP contribution in [0.5, 0.6) is 0 Å². The molecule has 14 heavy (non-hydrogen) atoms. The fraction of sp³-hybridized carbons (Fsp3) is 0.727. The number of carbonyl (C=O) groups is 1. The maximum Gasteiger partial charge on any atom is 0.336 e. The summed E-state index contributed by atoms with van der Waals surface area (Å²) in [6.07, 6.45) is 3.71. The Morgan fingerprint density at radius 2 is 1.86 bits per heavy atom. The van der Waals surface area contributed by atoms with Crippen LogP contribution in [0.4, 0.5) is 0 Å². The molecule has 1 aliphatic carbocycles. The maximum absolute atomic E-state index is 11.7. The van der Waals surface area contributed by atoms with Gasteiger partial charge in [-0.3, -0.25) is 0 Å². The molecule has 0 saturated carbocycles. The molecule has 0 unspecified atom stereocenters. The molecule has 0 atom stereocenters. The fourth-order valence-corrected chi connectivity index (χ4v) is 1.50. The average molecular weight is 197 g/mol. The van der Waals surface area contributed by atoms with Gasteiger partial charge in [0.2, 0.25) is 0 Å². The Balaban J connectivity index is 2.69. The van der Waals surface area contributed by atoms with E-state index in [0.717, 1.165) is 25.7 Å². The van der Waals surface area contributed by atoms with Gasteiger partial charge < -0.3 is 10.5 Å². The van der Waals surface area contributed by atoms with Gasteiger partial charge in [0, 0.05) is 5.70 Å². The van der Waals surface area contributed by atoms with Crippen molar-refractivity contribution in [3.63, 3.8) is 0 Å². The number of allylic oxidation sites excluding steroid dienone is 1. The van der Waals surface area contributed by atoms with Crippen LogP contribution in [0, 0.1) is 0 Å². The second-order valence-electron chi connectivity index (χ2n) is 4.71. The zero-order valence-corrected chi connectivity index (χ0v) is 9.22. The molecular weight excluding hydrogens is 178 g/mol. The first-order chi connectivity index (χ1) is 6.40. The lowest BCUT2D eigenvalue weighted by Gasteiger charge is -2.23. The Bertz CT molecular complexity index is 261. The summed E-state index contributed by atoms with van der Waals surface area (Å²) in [5.41, 5.74) is 6.75. The van der Waals surface area contributed by atoms with Gasteiger partial charge in [-0.05, 0) is 46.5 Å². The standard InChI is InChI=1S/C11H19NO2/c1-11(2,3)14-10(13)8-6-4-5-7-9(8)12/h4-7,12H2,1-3H3. The summed E-state index contributed by atoms with van der Waals surface area (Å²) in [6, 6.07) is 0. The van der Waals surface area contributed by atoms with Gasteiger partial charge in [-0.1, -0.05) is 0 Å². The van der Waals surface area contributed by atoms with Crippen molar-refractivity contribution in [3.8, 4) is 0 Å². The van der Waals surface area contributed by atoms with Gasteiger partial charge in [0.1, 0.15) is 5.60 Å². The van der Waals surface area contributed by atoms with Crippen LogP contribution in [0.2, 0.25) is 0 Å². The number of carbonyl (C=O) groups excluding carboxylic acids is 1. The number of esters is 1. The molecular formula is C11H19NO2. The van der Waals surface area contributed by atoms with Crippen molar-refractivity contribution < 1.29 is 9.53 Å². The highest BCUT2D eigenvalue weighted by atomic mass is 16.6. The molecule has 3 heteroatoms. The molecule has 3 nitrogen and oxygen atoms in total. The Morgan fingerprint density at radius 1 is 1.29 bits per heavy atom. The molecule has 0 bridgehead atoms. The average Bonchev–Trinajstić information content (AvgIpc) is 2.01. The van der Waals surface area contributed by atoms with Crippen LogP contribution in [0.3, 0.4) is 0 Å². The highest BCUT2D eigenvalue weighted by Gasteiger charge is 2.23. The smallest absolute Gasteiger partial charge is 0.336 e. The van der Waals surface area contributed by atoms with E-state index in [1.807, 2.05) is 20.8 Å². The van der Waals surface area contributed by atoms with E-state index in [0.29, 0.717) is 11.3 Å². The van der Waals surface area contributed by atoms with Crippen LogP contribution in [0.25, 0.3) is 0 Å². The molecule has 0 aliphatic heterocycles. The fourth-order valence-electron chi connectivity index (χ4n) is 1.50. The van der Waals surface area contributed by atoms with Crippen LogP contribution in [-0.2, 0) is 9.53 Å². The van der Waals surface area contributed by atoms with Gasteiger partial charge in [-0.15, -0.1) is 0 Å².